The van der Waals surface area contributed by atoms with Crippen LogP contribution in [0.2, 0.25) is 0 Å². The highest BCUT2D eigenvalue weighted by Crippen LogP contribution is 2.20. The number of benzene rings is 2. The zero-order valence-corrected chi connectivity index (χ0v) is 13.3. The normalized spacial score (nSPS) is 14.4. The lowest BCUT2D eigenvalue weighted by atomic mass is 10.2. The van der Waals surface area contributed by atoms with Gasteiger partial charge in [-0.05, 0) is 54.8 Å². The molecule has 1 amide bonds. The van der Waals surface area contributed by atoms with Crippen LogP contribution in [0.4, 0.5) is 17.1 Å². The molecule has 1 N–H and O–H groups in total. The number of hydrogen-bond donors (Lipinski definition) is 1. The van der Waals surface area contributed by atoms with Gasteiger partial charge in [0.15, 0.2) is 0 Å². The van der Waals surface area contributed by atoms with Gasteiger partial charge in [-0.15, -0.1) is 0 Å². The lowest BCUT2D eigenvalue weighted by Gasteiger charge is -2.17. The first-order valence-electron chi connectivity index (χ1n) is 7.97. The summed E-state index contributed by atoms with van der Waals surface area (Å²) in [5, 5.41) is 2.74. The van der Waals surface area contributed by atoms with Crippen LogP contribution in [0, 0.1) is 0 Å². The molecular formula is C19H21N3O. The second kappa shape index (κ2) is 7.09. The Morgan fingerprint density at radius 1 is 1.04 bits per heavy atom. The fourth-order valence-electron chi connectivity index (χ4n) is 2.73. The summed E-state index contributed by atoms with van der Waals surface area (Å²) in [5.74, 6) is -0.0701. The van der Waals surface area contributed by atoms with Crippen molar-refractivity contribution < 1.29 is 4.79 Å². The van der Waals surface area contributed by atoms with Crippen molar-refractivity contribution in [3.63, 3.8) is 0 Å². The van der Waals surface area contributed by atoms with Crippen molar-refractivity contribution in [2.45, 2.75) is 19.8 Å². The van der Waals surface area contributed by atoms with Gasteiger partial charge in [0.2, 0.25) is 5.91 Å². The summed E-state index contributed by atoms with van der Waals surface area (Å²) in [4.78, 5) is 17.9. The molecular weight excluding hydrogens is 286 g/mol. The van der Waals surface area contributed by atoms with Crippen molar-refractivity contribution in [2.75, 3.05) is 23.3 Å². The maximum atomic E-state index is 11.0. The second-order valence-corrected chi connectivity index (χ2v) is 5.77. The molecule has 1 heterocycles. The molecule has 0 aromatic heterocycles. The summed E-state index contributed by atoms with van der Waals surface area (Å²) in [5.41, 5.74) is 4.02. The van der Waals surface area contributed by atoms with Crippen LogP contribution in [0.1, 0.15) is 25.3 Å². The third kappa shape index (κ3) is 4.19. The summed E-state index contributed by atoms with van der Waals surface area (Å²) in [6, 6.07) is 16.0. The van der Waals surface area contributed by atoms with Gasteiger partial charge in [-0.1, -0.05) is 12.1 Å². The van der Waals surface area contributed by atoms with Crippen LogP contribution < -0.4 is 10.2 Å². The van der Waals surface area contributed by atoms with Gasteiger partial charge in [-0.3, -0.25) is 9.79 Å². The molecule has 118 valence electrons. The van der Waals surface area contributed by atoms with Crippen molar-refractivity contribution in [3.05, 3.63) is 54.1 Å². The van der Waals surface area contributed by atoms with Crippen molar-refractivity contribution in [1.82, 2.24) is 0 Å². The molecule has 2 aromatic rings. The summed E-state index contributed by atoms with van der Waals surface area (Å²) >= 11 is 0. The molecule has 0 aliphatic carbocycles. The van der Waals surface area contributed by atoms with Crippen molar-refractivity contribution in [3.8, 4) is 0 Å². The van der Waals surface area contributed by atoms with Gasteiger partial charge >= 0.3 is 0 Å². The highest BCUT2D eigenvalue weighted by Gasteiger charge is 2.11. The number of anilines is 2. The van der Waals surface area contributed by atoms with Crippen LogP contribution in [0.5, 0.6) is 0 Å². The minimum Gasteiger partial charge on any atom is -0.372 e. The third-order valence-corrected chi connectivity index (χ3v) is 3.91. The quantitative estimate of drug-likeness (QED) is 0.868. The van der Waals surface area contributed by atoms with E-state index < -0.39 is 0 Å². The summed E-state index contributed by atoms with van der Waals surface area (Å²) in [6.07, 6.45) is 4.44. The Bertz CT molecular complexity index is 684. The van der Waals surface area contributed by atoms with Gasteiger partial charge < -0.3 is 10.2 Å². The second-order valence-electron chi connectivity index (χ2n) is 5.77. The van der Waals surface area contributed by atoms with Gasteiger partial charge in [0.05, 0.1) is 5.69 Å². The Kier molecular flexibility index (Phi) is 4.71. The standard InChI is InChI=1S/C19H21N3O/c1-15(23)21-18-8-6-17(7-9-18)20-14-16-4-10-19(11-5-16)22-12-2-3-13-22/h4-11,14H,2-3,12-13H2,1H3,(H,21,23). The van der Waals surface area contributed by atoms with E-state index in [1.807, 2.05) is 30.5 Å². The molecule has 0 unspecified atom stereocenters. The summed E-state index contributed by atoms with van der Waals surface area (Å²) in [7, 11) is 0. The highest BCUT2D eigenvalue weighted by molar-refractivity contribution is 5.89. The minimum atomic E-state index is -0.0701. The minimum absolute atomic E-state index is 0.0701. The molecule has 0 atom stereocenters. The average molecular weight is 307 g/mol. The van der Waals surface area contributed by atoms with Crippen molar-refractivity contribution >= 4 is 29.2 Å². The molecule has 3 rings (SSSR count). The molecule has 2 aromatic carbocycles. The van der Waals surface area contributed by atoms with Crippen molar-refractivity contribution in [1.29, 1.82) is 0 Å². The molecule has 0 spiro atoms. The molecule has 1 aliphatic heterocycles. The predicted molar refractivity (Wildman–Crippen MR) is 95.9 cm³/mol. The van der Waals surface area contributed by atoms with E-state index in [1.54, 1.807) is 0 Å². The first kappa shape index (κ1) is 15.3. The number of amides is 1. The zero-order valence-electron chi connectivity index (χ0n) is 13.3. The van der Waals surface area contributed by atoms with Gasteiger partial charge in [-0.2, -0.15) is 0 Å². The van der Waals surface area contributed by atoms with E-state index in [0.29, 0.717) is 0 Å². The monoisotopic (exact) mass is 307 g/mol. The van der Waals surface area contributed by atoms with E-state index in [9.17, 15) is 4.79 Å². The number of nitrogens with zero attached hydrogens (tertiary/aromatic N) is 2. The van der Waals surface area contributed by atoms with E-state index in [1.165, 1.54) is 25.5 Å². The number of carbonyl (C=O) groups excluding carboxylic acids is 1. The number of carbonyl (C=O) groups is 1. The third-order valence-electron chi connectivity index (χ3n) is 3.91. The van der Waals surface area contributed by atoms with Gasteiger partial charge in [0.25, 0.3) is 0 Å². The summed E-state index contributed by atoms with van der Waals surface area (Å²) in [6.45, 7) is 3.82. The Hall–Kier alpha value is -2.62. The number of hydrogen-bond acceptors (Lipinski definition) is 3. The van der Waals surface area contributed by atoms with Gasteiger partial charge in [0, 0.05) is 37.6 Å². The molecule has 1 aliphatic rings. The molecule has 23 heavy (non-hydrogen) atoms. The molecule has 0 radical (unpaired) electrons. The molecule has 4 heteroatoms. The molecule has 4 nitrogen and oxygen atoms in total. The Balaban J connectivity index is 1.63. The van der Waals surface area contributed by atoms with E-state index in [4.69, 9.17) is 0 Å². The number of rotatable bonds is 4. The maximum Gasteiger partial charge on any atom is 0.221 e. The lowest BCUT2D eigenvalue weighted by molar-refractivity contribution is -0.114. The van der Waals surface area contributed by atoms with Crippen LogP contribution in [0.25, 0.3) is 0 Å². The maximum absolute atomic E-state index is 11.0. The van der Waals surface area contributed by atoms with Gasteiger partial charge in [0.1, 0.15) is 0 Å². The first-order valence-corrected chi connectivity index (χ1v) is 7.97. The van der Waals surface area contributed by atoms with E-state index in [2.05, 4.69) is 39.5 Å². The Labute approximate surface area is 136 Å². The van der Waals surface area contributed by atoms with E-state index >= 15 is 0 Å². The van der Waals surface area contributed by atoms with Crippen LogP contribution in [-0.4, -0.2) is 25.2 Å². The van der Waals surface area contributed by atoms with E-state index in [0.717, 1.165) is 30.0 Å². The average Bonchev–Trinajstić information content (AvgIpc) is 3.09. The van der Waals surface area contributed by atoms with Crippen LogP contribution in [0.15, 0.2) is 53.5 Å². The number of nitrogens with one attached hydrogen (secondary N) is 1. The van der Waals surface area contributed by atoms with Crippen LogP contribution in [-0.2, 0) is 4.79 Å². The summed E-state index contributed by atoms with van der Waals surface area (Å²) < 4.78 is 0. The smallest absolute Gasteiger partial charge is 0.221 e. The van der Waals surface area contributed by atoms with Crippen LogP contribution in [0.3, 0.4) is 0 Å². The molecule has 1 fully saturated rings. The topological polar surface area (TPSA) is 44.7 Å². The Morgan fingerprint density at radius 2 is 1.70 bits per heavy atom. The largest absolute Gasteiger partial charge is 0.372 e. The fourth-order valence-corrected chi connectivity index (χ4v) is 2.73. The predicted octanol–water partition coefficient (Wildman–Crippen LogP) is 4.00. The first-order chi connectivity index (χ1) is 11.2. The lowest BCUT2D eigenvalue weighted by Crippen LogP contribution is -2.17. The van der Waals surface area contributed by atoms with Crippen LogP contribution >= 0.6 is 0 Å². The van der Waals surface area contributed by atoms with Gasteiger partial charge in [-0.25, -0.2) is 0 Å². The van der Waals surface area contributed by atoms with Crippen molar-refractivity contribution in [2.24, 2.45) is 4.99 Å². The molecule has 0 saturated carbocycles. The Morgan fingerprint density at radius 3 is 2.30 bits per heavy atom. The van der Waals surface area contributed by atoms with E-state index in [-0.39, 0.29) is 5.91 Å². The number of aliphatic imine (C=N–C) groups is 1. The highest BCUT2D eigenvalue weighted by atomic mass is 16.1. The SMILES string of the molecule is CC(=O)Nc1ccc(N=Cc2ccc(N3CCCC3)cc2)cc1. The zero-order chi connectivity index (χ0) is 16.1. The fraction of sp³-hybridized carbons (Fsp3) is 0.263. The molecule has 0 bridgehead atoms. The molecule has 1 saturated heterocycles.